The average Bonchev–Trinajstić information content (AvgIpc) is 2.88. The fraction of sp³-hybridized carbons (Fsp3) is 0.550. The maximum Gasteiger partial charge on any atom is 0.101 e. The molecule has 4 aliphatic heterocycles. The van der Waals surface area contributed by atoms with E-state index in [1.165, 1.54) is 29.8 Å². The zero-order valence-corrected chi connectivity index (χ0v) is 13.5. The molecule has 3 saturated heterocycles. The number of ether oxygens (including phenoxy) is 1. The van der Waals surface area contributed by atoms with E-state index in [1.807, 2.05) is 0 Å². The molecule has 5 bridgehead atoms. The van der Waals surface area contributed by atoms with E-state index in [-0.39, 0.29) is 11.5 Å². The quantitative estimate of drug-likeness (QED) is 0.745. The van der Waals surface area contributed by atoms with Crippen LogP contribution in [0.2, 0.25) is 0 Å². The van der Waals surface area contributed by atoms with Gasteiger partial charge < -0.3 is 4.74 Å². The van der Waals surface area contributed by atoms with Crippen LogP contribution in [-0.2, 0) is 10.2 Å². The van der Waals surface area contributed by atoms with Gasteiger partial charge in [-0.05, 0) is 37.4 Å². The summed E-state index contributed by atoms with van der Waals surface area (Å²) in [6, 6.07) is 9.93. The number of benzene rings is 1. The Kier molecular flexibility index (Phi) is 2.22. The van der Waals surface area contributed by atoms with E-state index in [0.717, 1.165) is 6.61 Å². The van der Waals surface area contributed by atoms with Crippen molar-refractivity contribution in [1.29, 1.82) is 0 Å². The highest BCUT2D eigenvalue weighted by Crippen LogP contribution is 2.63. The predicted octanol–water partition coefficient (Wildman–Crippen LogP) is 2.93. The number of rotatable bonds is 1. The van der Waals surface area contributed by atoms with Gasteiger partial charge in [0.05, 0.1) is 18.0 Å². The minimum Gasteiger partial charge on any atom is -0.372 e. The molecular formula is C20H22N2O. The van der Waals surface area contributed by atoms with Crippen LogP contribution < -0.4 is 0 Å². The number of para-hydroxylation sites is 1. The molecule has 1 unspecified atom stereocenters. The fourth-order valence-electron chi connectivity index (χ4n) is 6.74. The summed E-state index contributed by atoms with van der Waals surface area (Å²) in [7, 11) is 2.34. The second-order valence-corrected chi connectivity index (χ2v) is 8.09. The summed E-state index contributed by atoms with van der Waals surface area (Å²) in [5.74, 6) is 1.73. The molecule has 0 radical (unpaired) electrons. The first-order chi connectivity index (χ1) is 11.3. The highest BCUT2D eigenvalue weighted by Gasteiger charge is 2.69. The van der Waals surface area contributed by atoms with Gasteiger partial charge in [0, 0.05) is 29.3 Å². The first-order valence-corrected chi connectivity index (χ1v) is 8.90. The van der Waals surface area contributed by atoms with E-state index in [1.54, 1.807) is 0 Å². The molecule has 118 valence electrons. The molecule has 7 atom stereocenters. The largest absolute Gasteiger partial charge is 0.372 e. The summed E-state index contributed by atoms with van der Waals surface area (Å²) < 4.78 is 6.41. The van der Waals surface area contributed by atoms with Gasteiger partial charge >= 0.3 is 0 Å². The Morgan fingerprint density at radius 3 is 3.13 bits per heavy atom. The third kappa shape index (κ3) is 1.24. The third-order valence-corrected chi connectivity index (χ3v) is 7.50. The first kappa shape index (κ1) is 12.9. The SMILES string of the molecule is C=C[C@@H]1C2[C@H]3C[C@@H]4CO[C@H]3C3=Nc5ccccc5[C@@]31C[C@@H]4N2C. The van der Waals surface area contributed by atoms with Gasteiger partial charge in [0.15, 0.2) is 0 Å². The van der Waals surface area contributed by atoms with Crippen LogP contribution in [0.15, 0.2) is 41.9 Å². The number of nitrogens with zero attached hydrogens (tertiary/aromatic N) is 2. The van der Waals surface area contributed by atoms with Crippen molar-refractivity contribution >= 4 is 11.4 Å². The lowest BCUT2D eigenvalue weighted by Crippen LogP contribution is -2.76. The van der Waals surface area contributed by atoms with Crippen LogP contribution in [0.3, 0.4) is 0 Å². The molecule has 0 N–H and O–H groups in total. The van der Waals surface area contributed by atoms with Crippen LogP contribution in [0.25, 0.3) is 0 Å². The van der Waals surface area contributed by atoms with Crippen molar-refractivity contribution < 1.29 is 4.74 Å². The van der Waals surface area contributed by atoms with Gasteiger partial charge in [-0.1, -0.05) is 24.3 Å². The Balaban J connectivity index is 1.68. The van der Waals surface area contributed by atoms with Gasteiger partial charge in [-0.3, -0.25) is 9.89 Å². The summed E-state index contributed by atoms with van der Waals surface area (Å²) in [6.45, 7) is 5.16. The second kappa shape index (κ2) is 3.96. The molecule has 1 saturated carbocycles. The van der Waals surface area contributed by atoms with Crippen LogP contribution >= 0.6 is 0 Å². The Labute approximate surface area is 137 Å². The Bertz CT molecular complexity index is 756. The molecule has 5 aliphatic rings. The van der Waals surface area contributed by atoms with Crippen molar-refractivity contribution in [3.63, 3.8) is 0 Å². The normalized spacial score (nSPS) is 48.8. The molecule has 1 aromatic carbocycles. The van der Waals surface area contributed by atoms with Crippen LogP contribution in [0.5, 0.6) is 0 Å². The van der Waals surface area contributed by atoms with Gasteiger partial charge in [-0.25, -0.2) is 0 Å². The predicted molar refractivity (Wildman–Crippen MR) is 90.2 cm³/mol. The summed E-state index contributed by atoms with van der Waals surface area (Å²) in [6.07, 6.45) is 4.92. The molecular weight excluding hydrogens is 284 g/mol. The van der Waals surface area contributed by atoms with Gasteiger partial charge in [0.25, 0.3) is 0 Å². The van der Waals surface area contributed by atoms with E-state index in [4.69, 9.17) is 9.73 Å². The van der Waals surface area contributed by atoms with E-state index in [9.17, 15) is 0 Å². The standard InChI is InChI=1S/C20H22N2O/c1-3-13-17-12-8-11-10-23-18(12)19-20(13,9-16(11)22(17)2)14-6-4-5-7-15(14)21-19/h3-7,11-13,16-18H,1,8-10H2,2H3/t11-,12-,13-,16+,17?,18-,20+/m1/s1. The van der Waals surface area contributed by atoms with Crippen molar-refractivity contribution in [2.24, 2.45) is 22.7 Å². The van der Waals surface area contributed by atoms with Crippen LogP contribution in [0, 0.1) is 17.8 Å². The van der Waals surface area contributed by atoms with Gasteiger partial charge in [0.1, 0.15) is 6.10 Å². The van der Waals surface area contributed by atoms with Crippen molar-refractivity contribution in [2.75, 3.05) is 13.7 Å². The summed E-state index contributed by atoms with van der Waals surface area (Å²) in [5, 5.41) is 0. The van der Waals surface area contributed by atoms with Crippen molar-refractivity contribution in [3.05, 3.63) is 42.5 Å². The smallest absolute Gasteiger partial charge is 0.101 e. The topological polar surface area (TPSA) is 24.8 Å². The fourth-order valence-corrected chi connectivity index (χ4v) is 6.74. The molecule has 1 spiro atoms. The number of fused-ring (bicyclic) bond motifs is 5. The van der Waals surface area contributed by atoms with Gasteiger partial charge in [0.2, 0.25) is 0 Å². The van der Waals surface area contributed by atoms with Crippen molar-refractivity contribution in [1.82, 2.24) is 4.90 Å². The third-order valence-electron chi connectivity index (χ3n) is 7.50. The second-order valence-electron chi connectivity index (χ2n) is 8.09. The zero-order chi connectivity index (χ0) is 15.3. The maximum absolute atomic E-state index is 6.41. The van der Waals surface area contributed by atoms with Gasteiger partial charge in [-0.15, -0.1) is 6.58 Å². The summed E-state index contributed by atoms with van der Waals surface area (Å²) >= 11 is 0. The molecule has 1 aromatic rings. The Morgan fingerprint density at radius 1 is 1.39 bits per heavy atom. The van der Waals surface area contributed by atoms with E-state index >= 15 is 0 Å². The number of piperidine rings is 2. The molecule has 4 heterocycles. The molecule has 3 heteroatoms. The highest BCUT2D eigenvalue weighted by molar-refractivity contribution is 6.06. The first-order valence-electron chi connectivity index (χ1n) is 8.90. The average molecular weight is 306 g/mol. The van der Waals surface area contributed by atoms with Crippen LogP contribution in [0.4, 0.5) is 5.69 Å². The summed E-state index contributed by atoms with van der Waals surface area (Å²) in [4.78, 5) is 7.80. The molecule has 3 nitrogen and oxygen atoms in total. The Morgan fingerprint density at radius 2 is 2.26 bits per heavy atom. The maximum atomic E-state index is 6.41. The lowest BCUT2D eigenvalue weighted by atomic mass is 9.47. The molecule has 0 aromatic heterocycles. The number of aliphatic imine (C=N–C) groups is 1. The van der Waals surface area contributed by atoms with Crippen LogP contribution in [-0.4, -0.2) is 42.5 Å². The number of hydrogen-bond donors (Lipinski definition) is 0. The zero-order valence-electron chi connectivity index (χ0n) is 13.5. The minimum absolute atomic E-state index is 0.0421. The minimum atomic E-state index is 0.0421. The molecule has 23 heavy (non-hydrogen) atoms. The van der Waals surface area contributed by atoms with E-state index in [2.05, 4.69) is 48.9 Å². The summed E-state index contributed by atoms with van der Waals surface area (Å²) in [5.41, 5.74) is 3.96. The monoisotopic (exact) mass is 306 g/mol. The van der Waals surface area contributed by atoms with E-state index < -0.39 is 0 Å². The van der Waals surface area contributed by atoms with Gasteiger partial charge in [-0.2, -0.15) is 0 Å². The molecule has 6 rings (SSSR count). The van der Waals surface area contributed by atoms with Crippen molar-refractivity contribution in [2.45, 2.75) is 36.4 Å². The molecule has 4 fully saturated rings. The van der Waals surface area contributed by atoms with Crippen molar-refractivity contribution in [3.8, 4) is 0 Å². The number of hydrogen-bond acceptors (Lipinski definition) is 3. The van der Waals surface area contributed by atoms with E-state index in [0.29, 0.717) is 29.8 Å². The Hall–Kier alpha value is -1.45. The molecule has 0 amide bonds. The van der Waals surface area contributed by atoms with Crippen LogP contribution in [0.1, 0.15) is 18.4 Å². The molecule has 1 aliphatic carbocycles. The lowest BCUT2D eigenvalue weighted by molar-refractivity contribution is -0.170. The highest BCUT2D eigenvalue weighted by atomic mass is 16.5. The lowest BCUT2D eigenvalue weighted by Gasteiger charge is -2.68.